The Kier molecular flexibility index (Phi) is 7.16. The molecule has 6 nitrogen and oxygen atoms in total. The van der Waals surface area contributed by atoms with Crippen molar-refractivity contribution in [2.45, 2.75) is 52.0 Å². The molecule has 0 saturated heterocycles. The van der Waals surface area contributed by atoms with Crippen molar-refractivity contribution in [3.05, 3.63) is 0 Å². The van der Waals surface area contributed by atoms with E-state index in [1.54, 1.807) is 0 Å². The van der Waals surface area contributed by atoms with Crippen LogP contribution in [0.5, 0.6) is 0 Å². The number of nitrogens with two attached hydrogens (primary N) is 3. The summed E-state index contributed by atoms with van der Waals surface area (Å²) in [6.07, 6.45) is 4.59. The van der Waals surface area contributed by atoms with Crippen LogP contribution in [0, 0.1) is 5.41 Å². The SMILES string of the molecule is CCCCCCN(CC(C)(C)N=C(N)N)C(=N)N. The fraction of sp³-hybridized carbons (Fsp3) is 0.833. The monoisotopic (exact) mass is 256 g/mol. The average Bonchev–Trinajstić information content (AvgIpc) is 2.20. The number of hydrogen-bond donors (Lipinski definition) is 4. The van der Waals surface area contributed by atoms with Gasteiger partial charge >= 0.3 is 0 Å². The number of unbranched alkanes of at least 4 members (excludes halogenated alkanes) is 3. The molecule has 0 aliphatic carbocycles. The molecule has 0 saturated carbocycles. The highest BCUT2D eigenvalue weighted by molar-refractivity contribution is 5.76. The molecule has 0 amide bonds. The van der Waals surface area contributed by atoms with Gasteiger partial charge < -0.3 is 22.1 Å². The number of nitrogens with zero attached hydrogens (tertiary/aromatic N) is 2. The fourth-order valence-corrected chi connectivity index (χ4v) is 1.87. The Labute approximate surface area is 110 Å². The predicted molar refractivity (Wildman–Crippen MR) is 77.5 cm³/mol. The summed E-state index contributed by atoms with van der Waals surface area (Å²) in [7, 11) is 0. The molecule has 0 fully saturated rings. The normalized spacial score (nSPS) is 11.1. The average molecular weight is 256 g/mol. The molecule has 0 aromatic carbocycles. The van der Waals surface area contributed by atoms with Crippen molar-refractivity contribution in [1.29, 1.82) is 5.41 Å². The van der Waals surface area contributed by atoms with Crippen LogP contribution in [0.3, 0.4) is 0 Å². The summed E-state index contributed by atoms with van der Waals surface area (Å²) in [5.74, 6) is 0.139. The lowest BCUT2D eigenvalue weighted by Crippen LogP contribution is -2.46. The minimum atomic E-state index is -0.435. The molecular formula is C12H28N6. The van der Waals surface area contributed by atoms with E-state index in [9.17, 15) is 0 Å². The number of nitrogens with one attached hydrogen (secondary N) is 1. The number of guanidine groups is 2. The Morgan fingerprint density at radius 1 is 1.17 bits per heavy atom. The molecule has 0 aromatic heterocycles. The van der Waals surface area contributed by atoms with Crippen molar-refractivity contribution in [3.63, 3.8) is 0 Å². The molecule has 18 heavy (non-hydrogen) atoms. The highest BCUT2D eigenvalue weighted by Crippen LogP contribution is 2.12. The van der Waals surface area contributed by atoms with Gasteiger partial charge in [-0.15, -0.1) is 0 Å². The van der Waals surface area contributed by atoms with Crippen molar-refractivity contribution in [2.24, 2.45) is 22.2 Å². The van der Waals surface area contributed by atoms with Gasteiger partial charge in [-0.1, -0.05) is 26.2 Å². The molecule has 0 unspecified atom stereocenters. The molecule has 0 atom stereocenters. The van der Waals surface area contributed by atoms with E-state index in [-0.39, 0.29) is 11.9 Å². The first-order chi connectivity index (χ1) is 8.28. The van der Waals surface area contributed by atoms with Gasteiger partial charge in [-0.2, -0.15) is 0 Å². The standard InChI is InChI=1S/C12H28N6/c1-4-5-6-7-8-18(11(15)16)9-12(2,3)17-10(13)14/h4-9H2,1-3H3,(H3,15,16)(H4,13,14,17). The van der Waals surface area contributed by atoms with E-state index in [2.05, 4.69) is 11.9 Å². The predicted octanol–water partition coefficient (Wildman–Crippen LogP) is 0.814. The second-order valence-electron chi connectivity index (χ2n) is 5.22. The molecular weight excluding hydrogens is 228 g/mol. The van der Waals surface area contributed by atoms with Crippen LogP contribution in [-0.4, -0.2) is 35.4 Å². The molecule has 0 rings (SSSR count). The number of aliphatic imine (C=N–C) groups is 1. The van der Waals surface area contributed by atoms with Gasteiger partial charge in [0, 0.05) is 13.1 Å². The van der Waals surface area contributed by atoms with E-state index < -0.39 is 5.54 Å². The van der Waals surface area contributed by atoms with E-state index in [1.165, 1.54) is 12.8 Å². The summed E-state index contributed by atoms with van der Waals surface area (Å²) in [5, 5.41) is 7.59. The van der Waals surface area contributed by atoms with E-state index in [4.69, 9.17) is 22.6 Å². The van der Waals surface area contributed by atoms with Gasteiger partial charge in [0.05, 0.1) is 5.54 Å². The summed E-state index contributed by atoms with van der Waals surface area (Å²) < 4.78 is 0. The molecule has 6 heteroatoms. The first-order valence-electron chi connectivity index (χ1n) is 6.48. The van der Waals surface area contributed by atoms with E-state index in [1.807, 2.05) is 18.7 Å². The third-order valence-corrected chi connectivity index (χ3v) is 2.63. The van der Waals surface area contributed by atoms with Crippen molar-refractivity contribution in [2.75, 3.05) is 13.1 Å². The molecule has 0 heterocycles. The molecule has 7 N–H and O–H groups in total. The summed E-state index contributed by atoms with van der Waals surface area (Å²) in [4.78, 5) is 5.98. The van der Waals surface area contributed by atoms with Gasteiger partial charge in [-0.3, -0.25) is 5.41 Å². The van der Waals surface area contributed by atoms with Crippen LogP contribution in [0.2, 0.25) is 0 Å². The number of rotatable bonds is 8. The Morgan fingerprint density at radius 3 is 2.22 bits per heavy atom. The molecule has 0 spiro atoms. The minimum absolute atomic E-state index is 0.0643. The zero-order valence-corrected chi connectivity index (χ0v) is 11.9. The van der Waals surface area contributed by atoms with Crippen LogP contribution < -0.4 is 17.2 Å². The van der Waals surface area contributed by atoms with Crippen LogP contribution in [0.4, 0.5) is 0 Å². The van der Waals surface area contributed by atoms with Gasteiger partial charge in [-0.05, 0) is 20.3 Å². The summed E-state index contributed by atoms with van der Waals surface area (Å²) in [6, 6.07) is 0. The Hall–Kier alpha value is -1.46. The van der Waals surface area contributed by atoms with Gasteiger partial charge in [0.1, 0.15) is 0 Å². The maximum atomic E-state index is 7.59. The van der Waals surface area contributed by atoms with Gasteiger partial charge in [0.15, 0.2) is 11.9 Å². The van der Waals surface area contributed by atoms with Gasteiger partial charge in [0.2, 0.25) is 0 Å². The van der Waals surface area contributed by atoms with Crippen LogP contribution in [-0.2, 0) is 0 Å². The maximum absolute atomic E-state index is 7.59. The zero-order valence-electron chi connectivity index (χ0n) is 11.9. The lowest BCUT2D eigenvalue weighted by Gasteiger charge is -2.30. The molecule has 0 aromatic rings. The van der Waals surface area contributed by atoms with E-state index in [0.717, 1.165) is 19.4 Å². The Morgan fingerprint density at radius 2 is 1.78 bits per heavy atom. The van der Waals surface area contributed by atoms with Crippen molar-refractivity contribution < 1.29 is 0 Å². The van der Waals surface area contributed by atoms with Crippen molar-refractivity contribution >= 4 is 11.9 Å². The third kappa shape index (κ3) is 7.76. The van der Waals surface area contributed by atoms with Crippen LogP contribution in [0.25, 0.3) is 0 Å². The first kappa shape index (κ1) is 16.5. The van der Waals surface area contributed by atoms with Crippen molar-refractivity contribution in [1.82, 2.24) is 4.90 Å². The molecule has 0 aliphatic rings. The van der Waals surface area contributed by atoms with Crippen LogP contribution >= 0.6 is 0 Å². The lowest BCUT2D eigenvalue weighted by atomic mass is 10.1. The van der Waals surface area contributed by atoms with Gasteiger partial charge in [-0.25, -0.2) is 4.99 Å². The second kappa shape index (κ2) is 7.79. The van der Waals surface area contributed by atoms with Crippen LogP contribution in [0.15, 0.2) is 4.99 Å². The molecule has 0 radical (unpaired) electrons. The minimum Gasteiger partial charge on any atom is -0.370 e. The lowest BCUT2D eigenvalue weighted by molar-refractivity contribution is 0.319. The topological polar surface area (TPSA) is 118 Å². The Balaban J connectivity index is 4.35. The molecule has 0 aliphatic heterocycles. The highest BCUT2D eigenvalue weighted by Gasteiger charge is 2.21. The van der Waals surface area contributed by atoms with E-state index >= 15 is 0 Å². The zero-order chi connectivity index (χ0) is 14.2. The van der Waals surface area contributed by atoms with Crippen molar-refractivity contribution in [3.8, 4) is 0 Å². The summed E-state index contributed by atoms with van der Waals surface area (Å²) >= 11 is 0. The summed E-state index contributed by atoms with van der Waals surface area (Å²) in [6.45, 7) is 7.35. The molecule has 0 bridgehead atoms. The quantitative estimate of drug-likeness (QED) is 0.292. The maximum Gasteiger partial charge on any atom is 0.188 e. The largest absolute Gasteiger partial charge is 0.370 e. The highest BCUT2D eigenvalue weighted by atomic mass is 15.2. The third-order valence-electron chi connectivity index (χ3n) is 2.63. The summed E-state index contributed by atoms with van der Waals surface area (Å²) in [5.41, 5.74) is 15.9. The smallest absolute Gasteiger partial charge is 0.188 e. The van der Waals surface area contributed by atoms with Crippen LogP contribution in [0.1, 0.15) is 46.5 Å². The molecule has 106 valence electrons. The Bertz CT molecular complexity index is 280. The van der Waals surface area contributed by atoms with E-state index in [0.29, 0.717) is 6.54 Å². The second-order valence-corrected chi connectivity index (χ2v) is 5.22. The number of hydrogen-bond acceptors (Lipinski definition) is 2. The fourth-order valence-electron chi connectivity index (χ4n) is 1.87. The first-order valence-corrected chi connectivity index (χ1v) is 6.48. The van der Waals surface area contributed by atoms with Gasteiger partial charge in [0.25, 0.3) is 0 Å².